The SMILES string of the molecule is CC1=C(/C=C(/C)C(C)Cl)CCC12CCN(C)CC2.CPNNC(C)C(C)C. The highest BCUT2D eigenvalue weighted by Crippen LogP contribution is 2.50. The molecular formula is C22H43ClN3P. The standard InChI is InChI=1S/C16H26ClN.C6H17N2P/c1-12(14(3)17)11-15-5-6-16(13(15)2)7-9-18(4)10-8-16;1-5(2)6(3)7-8-9-4/h11,14H,5-10H2,1-4H3;5-9H,1-4H3/b12-11-;. The van der Waals surface area contributed by atoms with Crippen LogP contribution >= 0.6 is 20.3 Å². The van der Waals surface area contributed by atoms with Gasteiger partial charge in [-0.3, -0.25) is 5.43 Å². The average Bonchev–Trinajstić information content (AvgIpc) is 2.92. The summed E-state index contributed by atoms with van der Waals surface area (Å²) >= 11 is 6.15. The molecule has 1 aliphatic heterocycles. The van der Waals surface area contributed by atoms with E-state index in [0.717, 1.165) is 8.73 Å². The van der Waals surface area contributed by atoms with Gasteiger partial charge >= 0.3 is 0 Å². The Morgan fingerprint density at radius 2 is 1.78 bits per heavy atom. The summed E-state index contributed by atoms with van der Waals surface area (Å²) in [5.74, 6) is 0.703. The summed E-state index contributed by atoms with van der Waals surface area (Å²) in [5, 5.41) is 3.26. The van der Waals surface area contributed by atoms with Gasteiger partial charge in [0, 0.05) is 6.04 Å². The summed E-state index contributed by atoms with van der Waals surface area (Å²) in [4.78, 5) is 2.46. The molecule has 0 radical (unpaired) electrons. The first-order chi connectivity index (χ1) is 12.6. The molecule has 2 N–H and O–H groups in total. The molecule has 3 atom stereocenters. The first-order valence-electron chi connectivity index (χ1n) is 10.5. The number of hydrazine groups is 1. The third-order valence-electron chi connectivity index (χ3n) is 6.55. The van der Waals surface area contributed by atoms with Crippen LogP contribution in [0.3, 0.4) is 0 Å². The van der Waals surface area contributed by atoms with Crippen LogP contribution in [0.4, 0.5) is 0 Å². The predicted molar refractivity (Wildman–Crippen MR) is 125 cm³/mol. The molecule has 2 aliphatic rings. The van der Waals surface area contributed by atoms with E-state index in [1.807, 2.05) is 0 Å². The number of hydrogen-bond donors (Lipinski definition) is 2. The van der Waals surface area contributed by atoms with E-state index in [1.54, 1.807) is 11.1 Å². The summed E-state index contributed by atoms with van der Waals surface area (Å²) < 4.78 is 0. The lowest BCUT2D eigenvalue weighted by atomic mass is 9.73. The molecule has 3 nitrogen and oxygen atoms in total. The van der Waals surface area contributed by atoms with Crippen LogP contribution in [0.15, 0.2) is 22.8 Å². The average molecular weight is 416 g/mol. The second-order valence-corrected chi connectivity index (χ2v) is 10.2. The van der Waals surface area contributed by atoms with Crippen molar-refractivity contribution in [3.63, 3.8) is 0 Å². The van der Waals surface area contributed by atoms with E-state index in [4.69, 9.17) is 11.6 Å². The minimum atomic E-state index is 0.152. The topological polar surface area (TPSA) is 27.3 Å². The minimum absolute atomic E-state index is 0.152. The van der Waals surface area contributed by atoms with Gasteiger partial charge in [-0.1, -0.05) is 31.1 Å². The van der Waals surface area contributed by atoms with Crippen LogP contribution in [0, 0.1) is 11.3 Å². The lowest BCUT2D eigenvalue weighted by Crippen LogP contribution is -2.37. The molecule has 2 rings (SSSR count). The van der Waals surface area contributed by atoms with Crippen molar-refractivity contribution in [1.82, 2.24) is 15.5 Å². The van der Waals surface area contributed by atoms with Gasteiger partial charge in [0.1, 0.15) is 0 Å². The minimum Gasteiger partial charge on any atom is -0.306 e. The molecule has 0 aromatic carbocycles. The monoisotopic (exact) mass is 415 g/mol. The van der Waals surface area contributed by atoms with E-state index in [1.165, 1.54) is 44.3 Å². The van der Waals surface area contributed by atoms with Crippen molar-refractivity contribution in [2.24, 2.45) is 11.3 Å². The fourth-order valence-electron chi connectivity index (χ4n) is 3.68. The van der Waals surface area contributed by atoms with Crippen LogP contribution in [-0.2, 0) is 0 Å². The molecule has 1 heterocycles. The molecule has 1 saturated heterocycles. The number of nitrogens with zero attached hydrogens (tertiary/aromatic N) is 1. The highest BCUT2D eigenvalue weighted by atomic mass is 35.5. The van der Waals surface area contributed by atoms with Crippen LogP contribution in [0.5, 0.6) is 0 Å². The van der Waals surface area contributed by atoms with Crippen molar-refractivity contribution in [2.45, 2.75) is 78.6 Å². The van der Waals surface area contributed by atoms with E-state index in [0.29, 0.717) is 17.4 Å². The molecule has 0 saturated carbocycles. The zero-order valence-corrected chi connectivity index (χ0v) is 20.6. The van der Waals surface area contributed by atoms with E-state index < -0.39 is 0 Å². The van der Waals surface area contributed by atoms with Gasteiger partial charge in [0.2, 0.25) is 0 Å². The Bertz CT molecular complexity index is 506. The molecule has 1 spiro atoms. The lowest BCUT2D eigenvalue weighted by molar-refractivity contribution is 0.154. The van der Waals surface area contributed by atoms with E-state index >= 15 is 0 Å². The second-order valence-electron chi connectivity index (χ2n) is 8.79. The van der Waals surface area contributed by atoms with Gasteiger partial charge in [-0.2, -0.15) is 0 Å². The van der Waals surface area contributed by atoms with Gasteiger partial charge in [0.05, 0.1) is 5.38 Å². The maximum Gasteiger partial charge on any atom is 0.0517 e. The maximum atomic E-state index is 6.15. The van der Waals surface area contributed by atoms with Crippen molar-refractivity contribution >= 4 is 20.3 Å². The Hall–Kier alpha value is 0.0800. The number of alkyl halides is 1. The smallest absolute Gasteiger partial charge is 0.0517 e. The van der Waals surface area contributed by atoms with Crippen molar-refractivity contribution in [2.75, 3.05) is 26.8 Å². The van der Waals surface area contributed by atoms with Gasteiger partial charge in [0.15, 0.2) is 0 Å². The highest BCUT2D eigenvalue weighted by Gasteiger charge is 2.39. The van der Waals surface area contributed by atoms with Crippen LogP contribution in [0.1, 0.15) is 67.2 Å². The van der Waals surface area contributed by atoms with Gasteiger partial charge in [-0.15, -0.1) is 11.6 Å². The summed E-state index contributed by atoms with van der Waals surface area (Å²) in [7, 11) is 3.02. The molecule has 27 heavy (non-hydrogen) atoms. The summed E-state index contributed by atoms with van der Waals surface area (Å²) in [6.07, 6.45) is 7.61. The molecule has 5 heteroatoms. The number of rotatable bonds is 6. The van der Waals surface area contributed by atoms with E-state index in [2.05, 4.69) is 76.9 Å². The molecule has 0 aromatic heterocycles. The summed E-state index contributed by atoms with van der Waals surface area (Å²) in [6, 6.07) is 0.567. The Balaban J connectivity index is 0.000000345. The van der Waals surface area contributed by atoms with Crippen molar-refractivity contribution in [3.8, 4) is 0 Å². The van der Waals surface area contributed by atoms with Gasteiger partial charge in [-0.25, -0.2) is 5.20 Å². The molecule has 0 amide bonds. The van der Waals surface area contributed by atoms with Crippen LogP contribution in [0.25, 0.3) is 0 Å². The number of allylic oxidation sites excluding steroid dienone is 4. The Kier molecular flexibility index (Phi) is 11.1. The largest absolute Gasteiger partial charge is 0.306 e. The molecule has 1 fully saturated rings. The molecule has 0 aromatic rings. The summed E-state index contributed by atoms with van der Waals surface area (Å²) in [5.41, 5.74) is 8.21. The maximum absolute atomic E-state index is 6.15. The number of nitrogens with one attached hydrogen (secondary N) is 2. The zero-order valence-electron chi connectivity index (χ0n) is 18.9. The van der Waals surface area contributed by atoms with E-state index in [-0.39, 0.29) is 5.38 Å². The second kappa shape index (κ2) is 11.9. The zero-order chi connectivity index (χ0) is 20.6. The Labute approximate surface area is 175 Å². The normalized spacial score (nSPS) is 23.3. The molecule has 3 unspecified atom stereocenters. The van der Waals surface area contributed by atoms with Gasteiger partial charge in [0.25, 0.3) is 0 Å². The fraction of sp³-hybridized carbons (Fsp3) is 0.818. The number of hydrogen-bond acceptors (Lipinski definition) is 3. The first-order valence-corrected chi connectivity index (χ1v) is 12.4. The van der Waals surface area contributed by atoms with Crippen molar-refractivity contribution in [1.29, 1.82) is 0 Å². The number of piperidine rings is 1. The lowest BCUT2D eigenvalue weighted by Gasteiger charge is -2.39. The quantitative estimate of drug-likeness (QED) is 0.329. The highest BCUT2D eigenvalue weighted by molar-refractivity contribution is 7.34. The number of halogens is 1. The van der Waals surface area contributed by atoms with Crippen LogP contribution in [-0.4, -0.2) is 43.1 Å². The fourth-order valence-corrected chi connectivity index (χ4v) is 4.12. The van der Waals surface area contributed by atoms with Crippen LogP contribution in [0.2, 0.25) is 0 Å². The Morgan fingerprint density at radius 1 is 1.19 bits per heavy atom. The molecule has 0 bridgehead atoms. The molecule has 1 aliphatic carbocycles. The van der Waals surface area contributed by atoms with Gasteiger partial charge in [-0.05, 0) is 106 Å². The predicted octanol–water partition coefficient (Wildman–Crippen LogP) is 5.73. The molecule has 158 valence electrons. The van der Waals surface area contributed by atoms with E-state index in [9.17, 15) is 0 Å². The first kappa shape index (κ1) is 25.1. The third kappa shape index (κ3) is 7.78. The Morgan fingerprint density at radius 3 is 2.26 bits per heavy atom. The van der Waals surface area contributed by atoms with Crippen molar-refractivity contribution in [3.05, 3.63) is 22.8 Å². The third-order valence-corrected chi connectivity index (χ3v) is 7.29. The van der Waals surface area contributed by atoms with Gasteiger partial charge < -0.3 is 4.90 Å². The number of likely N-dealkylation sites (tertiary alicyclic amines) is 1. The molecular weight excluding hydrogens is 373 g/mol. The van der Waals surface area contributed by atoms with Crippen LogP contribution < -0.4 is 10.6 Å². The summed E-state index contributed by atoms with van der Waals surface area (Å²) in [6.45, 7) is 17.8. The van der Waals surface area contributed by atoms with Crippen molar-refractivity contribution < 1.29 is 0 Å².